The number of nitrogens with one attached hydrogen (secondary N) is 2. The first kappa shape index (κ1) is 26.0. The van der Waals surface area contributed by atoms with Crippen molar-refractivity contribution in [3.05, 3.63) is 45.9 Å². The Morgan fingerprint density at radius 1 is 1.31 bits per heavy atom. The number of carbonyl (C=O) groups is 1. The van der Waals surface area contributed by atoms with Crippen LogP contribution in [0.15, 0.2) is 45.7 Å². The maximum Gasteiger partial charge on any atom is 0.243 e. The molecule has 2 aromatic rings. The van der Waals surface area contributed by atoms with E-state index in [9.17, 15) is 4.79 Å². The zero-order valence-electron chi connectivity index (χ0n) is 16.7. The lowest BCUT2D eigenvalue weighted by atomic mass is 10.2. The molecule has 0 spiro atoms. The van der Waals surface area contributed by atoms with Crippen LogP contribution in [-0.2, 0) is 4.79 Å². The maximum atomic E-state index is 11.9. The predicted octanol–water partition coefficient (Wildman–Crippen LogP) is 3.93. The minimum atomic E-state index is -0.0374. The molecule has 2 N–H and O–H groups in total. The molecule has 0 radical (unpaired) electrons. The van der Waals surface area contributed by atoms with Crippen molar-refractivity contribution in [2.24, 2.45) is 4.99 Å². The summed E-state index contributed by atoms with van der Waals surface area (Å²) in [5, 5.41) is 10.4. The number of carbonyl (C=O) groups excluding carboxylic acids is 1. The van der Waals surface area contributed by atoms with Gasteiger partial charge in [0, 0.05) is 60.4 Å². The molecule has 1 heterocycles. The Kier molecular flexibility index (Phi) is 12.6. The van der Waals surface area contributed by atoms with Gasteiger partial charge in [0.05, 0.1) is 5.01 Å². The van der Waals surface area contributed by atoms with Crippen molar-refractivity contribution in [1.82, 2.24) is 20.5 Å². The summed E-state index contributed by atoms with van der Waals surface area (Å²) in [7, 11) is 3.46. The molecule has 2 rings (SSSR count). The lowest BCUT2D eigenvalue weighted by Gasteiger charge is -2.16. The van der Waals surface area contributed by atoms with Gasteiger partial charge in [-0.3, -0.25) is 4.79 Å². The number of hydrogen-bond donors (Lipinski definition) is 2. The molecule has 0 fully saturated rings. The average molecular weight is 568 g/mol. The number of guanidine groups is 1. The molecule has 1 aromatic heterocycles. The van der Waals surface area contributed by atoms with E-state index in [1.54, 1.807) is 37.2 Å². The number of benzene rings is 1. The molecule has 0 aliphatic heterocycles. The van der Waals surface area contributed by atoms with Crippen molar-refractivity contribution in [3.63, 3.8) is 0 Å². The average Bonchev–Trinajstić information content (AvgIpc) is 3.22. The lowest BCUT2D eigenvalue weighted by Crippen LogP contribution is -2.41. The highest BCUT2D eigenvalue weighted by atomic mass is 127. The highest BCUT2D eigenvalue weighted by Gasteiger charge is 2.10. The maximum absolute atomic E-state index is 11.9. The van der Waals surface area contributed by atoms with Gasteiger partial charge >= 0.3 is 0 Å². The van der Waals surface area contributed by atoms with E-state index < -0.39 is 0 Å². The van der Waals surface area contributed by atoms with Gasteiger partial charge in [-0.05, 0) is 24.3 Å². The van der Waals surface area contributed by atoms with Gasteiger partial charge in [0.25, 0.3) is 0 Å². The standard InChI is InChI=1S/C19H26ClN5OS2.HI/c1-14(18-21-8-11-28-18)12-23-19(24-13-17(26)25(2)3)22-9-10-27-16-6-4-15(20)5-7-16;/h4-8,11,14H,9-10,12-13H2,1-3H3,(H2,22,23,24);1H. The van der Waals surface area contributed by atoms with Gasteiger partial charge in [0.15, 0.2) is 5.96 Å². The molecule has 6 nitrogen and oxygen atoms in total. The van der Waals surface area contributed by atoms with E-state index in [2.05, 4.69) is 27.5 Å². The number of hydrogen-bond acceptors (Lipinski definition) is 5. The van der Waals surface area contributed by atoms with Crippen LogP contribution in [0.1, 0.15) is 17.8 Å². The normalized spacial score (nSPS) is 12.1. The summed E-state index contributed by atoms with van der Waals surface area (Å²) in [5.74, 6) is 1.73. The quantitative estimate of drug-likeness (QED) is 0.158. The SMILES string of the molecule is CC(CNC(=NCC(=O)N(C)C)NCCSc1ccc(Cl)cc1)c1nccs1.I. The molecule has 160 valence electrons. The van der Waals surface area contributed by atoms with Crippen LogP contribution in [0.2, 0.25) is 5.02 Å². The Labute approximate surface area is 202 Å². The molecule has 1 aromatic carbocycles. The second-order valence-electron chi connectivity index (χ2n) is 6.33. The molecule has 29 heavy (non-hydrogen) atoms. The van der Waals surface area contributed by atoms with E-state index >= 15 is 0 Å². The van der Waals surface area contributed by atoms with Crippen molar-refractivity contribution >= 4 is 70.5 Å². The molecular formula is C19H27ClIN5OS2. The zero-order chi connectivity index (χ0) is 20.4. The first-order valence-electron chi connectivity index (χ1n) is 8.96. The molecule has 10 heteroatoms. The third kappa shape index (κ3) is 10.0. The van der Waals surface area contributed by atoms with Gasteiger partial charge in [-0.2, -0.15) is 0 Å². The van der Waals surface area contributed by atoms with E-state index in [1.165, 1.54) is 4.90 Å². The molecule has 1 amide bonds. The zero-order valence-corrected chi connectivity index (χ0v) is 21.4. The molecular weight excluding hydrogens is 541 g/mol. The minimum absolute atomic E-state index is 0. The second kappa shape index (κ2) is 14.1. The fourth-order valence-corrected chi connectivity index (χ4v) is 3.74. The van der Waals surface area contributed by atoms with Gasteiger partial charge in [-0.1, -0.05) is 18.5 Å². The third-order valence-corrected chi connectivity index (χ3v) is 6.07. The van der Waals surface area contributed by atoms with Crippen LogP contribution in [0.5, 0.6) is 0 Å². The van der Waals surface area contributed by atoms with E-state index in [1.807, 2.05) is 35.8 Å². The molecule has 1 atom stereocenters. The number of likely N-dealkylation sites (N-methyl/N-ethyl adjacent to an activating group) is 1. The summed E-state index contributed by atoms with van der Waals surface area (Å²) in [6.07, 6.45) is 1.81. The fourth-order valence-electron chi connectivity index (χ4n) is 2.15. The van der Waals surface area contributed by atoms with Crippen LogP contribution < -0.4 is 10.6 Å². The Bertz CT molecular complexity index is 756. The van der Waals surface area contributed by atoms with Gasteiger partial charge < -0.3 is 15.5 Å². The highest BCUT2D eigenvalue weighted by Crippen LogP contribution is 2.19. The van der Waals surface area contributed by atoms with E-state index in [0.717, 1.165) is 27.2 Å². The van der Waals surface area contributed by atoms with Gasteiger partial charge in [-0.15, -0.1) is 47.1 Å². The van der Waals surface area contributed by atoms with Gasteiger partial charge in [0.2, 0.25) is 5.91 Å². The van der Waals surface area contributed by atoms with Crippen LogP contribution in [0.25, 0.3) is 0 Å². The Morgan fingerprint density at radius 2 is 2.03 bits per heavy atom. The number of aromatic nitrogens is 1. The first-order valence-corrected chi connectivity index (χ1v) is 11.2. The Balaban J connectivity index is 0.00000420. The first-order chi connectivity index (χ1) is 13.5. The number of nitrogens with zero attached hydrogens (tertiary/aromatic N) is 3. The molecule has 0 bridgehead atoms. The Morgan fingerprint density at radius 3 is 2.66 bits per heavy atom. The second-order valence-corrected chi connectivity index (χ2v) is 8.87. The predicted molar refractivity (Wildman–Crippen MR) is 135 cm³/mol. The number of aliphatic imine (C=N–C) groups is 1. The topological polar surface area (TPSA) is 69.6 Å². The smallest absolute Gasteiger partial charge is 0.243 e. The van der Waals surface area contributed by atoms with Crippen LogP contribution in [0, 0.1) is 0 Å². The van der Waals surface area contributed by atoms with Crippen LogP contribution in [0.3, 0.4) is 0 Å². The molecule has 1 unspecified atom stereocenters. The van der Waals surface area contributed by atoms with Crippen LogP contribution >= 0.6 is 58.7 Å². The number of thioether (sulfide) groups is 1. The molecule has 0 saturated heterocycles. The number of rotatable bonds is 9. The summed E-state index contributed by atoms with van der Waals surface area (Å²) in [6.45, 7) is 3.64. The summed E-state index contributed by atoms with van der Waals surface area (Å²) < 4.78 is 0. The van der Waals surface area contributed by atoms with E-state index in [0.29, 0.717) is 12.5 Å². The summed E-state index contributed by atoms with van der Waals surface area (Å²) >= 11 is 9.29. The number of halogens is 2. The van der Waals surface area contributed by atoms with Crippen molar-refractivity contribution in [2.75, 3.05) is 39.5 Å². The monoisotopic (exact) mass is 567 g/mol. The van der Waals surface area contributed by atoms with Crippen molar-refractivity contribution in [1.29, 1.82) is 0 Å². The van der Waals surface area contributed by atoms with Crippen LogP contribution in [-0.4, -0.2) is 61.2 Å². The summed E-state index contributed by atoms with van der Waals surface area (Å²) in [6, 6.07) is 7.79. The third-order valence-electron chi connectivity index (χ3n) is 3.80. The van der Waals surface area contributed by atoms with Crippen molar-refractivity contribution in [3.8, 4) is 0 Å². The summed E-state index contributed by atoms with van der Waals surface area (Å²) in [4.78, 5) is 23.3. The van der Waals surface area contributed by atoms with Crippen molar-refractivity contribution in [2.45, 2.75) is 17.7 Å². The highest BCUT2D eigenvalue weighted by molar-refractivity contribution is 14.0. The Hall–Kier alpha value is -1.04. The van der Waals surface area contributed by atoms with Gasteiger partial charge in [-0.25, -0.2) is 9.98 Å². The summed E-state index contributed by atoms with van der Waals surface area (Å²) in [5.41, 5.74) is 0. The van der Waals surface area contributed by atoms with E-state index in [4.69, 9.17) is 11.6 Å². The molecule has 0 aliphatic rings. The van der Waals surface area contributed by atoms with Gasteiger partial charge in [0.1, 0.15) is 6.54 Å². The van der Waals surface area contributed by atoms with Crippen LogP contribution in [0.4, 0.5) is 0 Å². The number of amides is 1. The van der Waals surface area contributed by atoms with Crippen molar-refractivity contribution < 1.29 is 4.79 Å². The largest absolute Gasteiger partial charge is 0.356 e. The molecule has 0 saturated carbocycles. The number of thiazole rings is 1. The minimum Gasteiger partial charge on any atom is -0.356 e. The lowest BCUT2D eigenvalue weighted by molar-refractivity contribution is -0.127. The van der Waals surface area contributed by atoms with E-state index in [-0.39, 0.29) is 42.3 Å². The fraction of sp³-hybridized carbons (Fsp3) is 0.421. The molecule has 0 aliphatic carbocycles.